The second-order valence-electron chi connectivity index (χ2n) is 5.73. The molecule has 0 spiro atoms. The molecule has 0 bridgehead atoms. The molecule has 21 heavy (non-hydrogen) atoms. The van der Waals surface area contributed by atoms with Gasteiger partial charge in [-0.3, -0.25) is 19.2 Å². The van der Waals surface area contributed by atoms with Crippen LogP contribution >= 0.6 is 7.68 Å². The molecule has 0 radical (unpaired) electrons. The van der Waals surface area contributed by atoms with Crippen molar-refractivity contribution in [3.05, 3.63) is 34.4 Å². The summed E-state index contributed by atoms with van der Waals surface area (Å²) < 4.78 is 35.5. The second kappa shape index (κ2) is 6.54. The smallest absolute Gasteiger partial charge is 0.403 e. The van der Waals surface area contributed by atoms with E-state index in [1.54, 1.807) is 6.92 Å². The normalized spacial score (nSPS) is 16.0. The third kappa shape index (κ3) is 5.81. The summed E-state index contributed by atoms with van der Waals surface area (Å²) in [5, 5.41) is 10.5. The van der Waals surface area contributed by atoms with Crippen LogP contribution in [-0.4, -0.2) is 17.4 Å². The molecule has 0 saturated carbocycles. The molecule has 0 N–H and O–H groups in total. The standard InChI is InChI=1S/C13H19FNO5P/c1-10(13(2,3)4)20-21(14,18)9-19-12-7-5-11(6-8-12)15(16)17/h5-8,10H,9H2,1-4H3. The second-order valence-corrected chi connectivity index (χ2v) is 7.38. The molecule has 0 aliphatic carbocycles. The SMILES string of the molecule is CC(OP(=O)(F)COc1ccc([N+](=O)[O-])cc1)C(C)(C)C. The van der Waals surface area contributed by atoms with Gasteiger partial charge in [-0.1, -0.05) is 20.8 Å². The van der Waals surface area contributed by atoms with Crippen molar-refractivity contribution in [1.29, 1.82) is 0 Å². The number of rotatable bonds is 6. The number of non-ortho nitro benzene ring substituents is 1. The van der Waals surface area contributed by atoms with Crippen LogP contribution in [0.3, 0.4) is 0 Å². The topological polar surface area (TPSA) is 78.7 Å². The average molecular weight is 319 g/mol. The van der Waals surface area contributed by atoms with Gasteiger partial charge in [0.05, 0.1) is 11.0 Å². The molecule has 2 atom stereocenters. The van der Waals surface area contributed by atoms with Crippen LogP contribution in [0.2, 0.25) is 0 Å². The molecule has 118 valence electrons. The number of nitro benzene ring substituents is 1. The van der Waals surface area contributed by atoms with Crippen LogP contribution in [0.5, 0.6) is 5.75 Å². The summed E-state index contributed by atoms with van der Waals surface area (Å²) in [7, 11) is -4.40. The number of nitrogens with zero attached hydrogens (tertiary/aromatic N) is 1. The molecule has 1 aromatic rings. The predicted molar refractivity (Wildman–Crippen MR) is 77.3 cm³/mol. The minimum Gasteiger partial charge on any atom is -0.481 e. The van der Waals surface area contributed by atoms with E-state index in [4.69, 9.17) is 9.26 Å². The van der Waals surface area contributed by atoms with E-state index in [2.05, 4.69) is 0 Å². The highest BCUT2D eigenvalue weighted by molar-refractivity contribution is 7.53. The monoisotopic (exact) mass is 319 g/mol. The molecule has 2 unspecified atom stereocenters. The van der Waals surface area contributed by atoms with E-state index < -0.39 is 25.1 Å². The first-order valence-corrected chi connectivity index (χ1v) is 8.06. The average Bonchev–Trinajstić information content (AvgIpc) is 2.35. The van der Waals surface area contributed by atoms with Crippen molar-refractivity contribution in [2.24, 2.45) is 5.41 Å². The molecule has 0 aliphatic rings. The Labute approximate surface area is 123 Å². The van der Waals surface area contributed by atoms with Gasteiger partial charge in [0.25, 0.3) is 5.69 Å². The van der Waals surface area contributed by atoms with Crippen LogP contribution in [0.25, 0.3) is 0 Å². The lowest BCUT2D eigenvalue weighted by molar-refractivity contribution is -0.384. The summed E-state index contributed by atoms with van der Waals surface area (Å²) in [5.74, 6) is 0.186. The Morgan fingerprint density at radius 1 is 1.33 bits per heavy atom. The van der Waals surface area contributed by atoms with Gasteiger partial charge < -0.3 is 4.74 Å². The van der Waals surface area contributed by atoms with Crippen LogP contribution in [0.4, 0.5) is 9.88 Å². The van der Waals surface area contributed by atoms with Crippen molar-refractivity contribution in [3.63, 3.8) is 0 Å². The highest BCUT2D eigenvalue weighted by Crippen LogP contribution is 2.51. The molecule has 1 rings (SSSR count). The molecule has 0 aliphatic heterocycles. The van der Waals surface area contributed by atoms with Gasteiger partial charge in [-0.05, 0) is 24.5 Å². The third-order valence-corrected chi connectivity index (χ3v) is 4.04. The fraction of sp³-hybridized carbons (Fsp3) is 0.538. The predicted octanol–water partition coefficient (Wildman–Crippen LogP) is 4.54. The van der Waals surface area contributed by atoms with E-state index in [1.807, 2.05) is 20.8 Å². The van der Waals surface area contributed by atoms with Crippen molar-refractivity contribution in [3.8, 4) is 5.75 Å². The van der Waals surface area contributed by atoms with Gasteiger partial charge in [0.15, 0.2) is 6.35 Å². The number of halogens is 1. The van der Waals surface area contributed by atoms with Crippen LogP contribution in [0.1, 0.15) is 27.7 Å². The molecule has 0 amide bonds. The lowest BCUT2D eigenvalue weighted by Crippen LogP contribution is -2.25. The summed E-state index contributed by atoms with van der Waals surface area (Å²) in [4.78, 5) is 9.93. The van der Waals surface area contributed by atoms with Crippen LogP contribution in [-0.2, 0) is 9.09 Å². The van der Waals surface area contributed by atoms with E-state index in [-0.39, 0.29) is 16.9 Å². The first-order valence-electron chi connectivity index (χ1n) is 6.36. The van der Waals surface area contributed by atoms with Crippen molar-refractivity contribution in [2.75, 3.05) is 6.35 Å². The van der Waals surface area contributed by atoms with Crippen LogP contribution in [0, 0.1) is 15.5 Å². The molecule has 8 heteroatoms. The zero-order valence-electron chi connectivity index (χ0n) is 12.4. The zero-order valence-corrected chi connectivity index (χ0v) is 13.3. The zero-order chi connectivity index (χ0) is 16.3. The number of hydrogen-bond acceptors (Lipinski definition) is 5. The lowest BCUT2D eigenvalue weighted by Gasteiger charge is -2.28. The summed E-state index contributed by atoms with van der Waals surface area (Å²) in [6, 6.07) is 5.06. The summed E-state index contributed by atoms with van der Waals surface area (Å²) in [6.45, 7) is 7.16. The Morgan fingerprint density at radius 3 is 2.29 bits per heavy atom. The molecule has 0 aromatic heterocycles. The molecule has 1 aromatic carbocycles. The fourth-order valence-electron chi connectivity index (χ4n) is 1.24. The number of hydrogen-bond donors (Lipinski definition) is 0. The maximum absolute atomic E-state index is 13.9. The molecule has 0 fully saturated rings. The number of nitro groups is 1. The maximum Gasteiger partial charge on any atom is 0.403 e. The molecule has 6 nitrogen and oxygen atoms in total. The molecule has 0 heterocycles. The maximum atomic E-state index is 13.9. The van der Waals surface area contributed by atoms with Crippen LogP contribution in [0.15, 0.2) is 24.3 Å². The minimum absolute atomic E-state index is 0.108. The first-order chi connectivity index (χ1) is 9.51. The van der Waals surface area contributed by atoms with Gasteiger partial charge >= 0.3 is 7.68 Å². The summed E-state index contributed by atoms with van der Waals surface area (Å²) >= 11 is 0. The highest BCUT2D eigenvalue weighted by Gasteiger charge is 2.32. The van der Waals surface area contributed by atoms with E-state index in [9.17, 15) is 18.9 Å². The van der Waals surface area contributed by atoms with E-state index in [0.717, 1.165) is 0 Å². The van der Waals surface area contributed by atoms with Crippen molar-refractivity contribution in [1.82, 2.24) is 0 Å². The first kappa shape index (κ1) is 17.6. The Hall–Kier alpha value is -1.46. The van der Waals surface area contributed by atoms with Gasteiger partial charge in [0.1, 0.15) is 5.75 Å². The van der Waals surface area contributed by atoms with Gasteiger partial charge in [-0.15, -0.1) is 0 Å². The number of benzene rings is 1. The quantitative estimate of drug-likeness (QED) is 0.437. The Balaban J connectivity index is 2.61. The third-order valence-electron chi connectivity index (χ3n) is 2.97. The summed E-state index contributed by atoms with van der Waals surface area (Å²) in [6.07, 6.45) is -1.28. The van der Waals surface area contributed by atoms with Crippen LogP contribution < -0.4 is 4.74 Å². The van der Waals surface area contributed by atoms with E-state index in [1.165, 1.54) is 24.3 Å². The molecular weight excluding hydrogens is 300 g/mol. The number of ether oxygens (including phenoxy) is 1. The fourth-order valence-corrected chi connectivity index (χ4v) is 2.39. The van der Waals surface area contributed by atoms with E-state index >= 15 is 0 Å². The van der Waals surface area contributed by atoms with Gasteiger partial charge in [-0.25, -0.2) is 0 Å². The van der Waals surface area contributed by atoms with E-state index in [0.29, 0.717) is 0 Å². The summed E-state index contributed by atoms with van der Waals surface area (Å²) in [5.41, 5.74) is -0.460. The van der Waals surface area contributed by atoms with Crippen molar-refractivity contribution >= 4 is 13.4 Å². The minimum atomic E-state index is -4.40. The Morgan fingerprint density at radius 2 is 1.86 bits per heavy atom. The molecular formula is C13H19FNO5P. The van der Waals surface area contributed by atoms with Gasteiger partial charge in [0.2, 0.25) is 0 Å². The molecule has 0 saturated heterocycles. The van der Waals surface area contributed by atoms with Gasteiger partial charge in [0, 0.05) is 12.1 Å². The highest BCUT2D eigenvalue weighted by atomic mass is 31.2. The Bertz CT molecular complexity index is 540. The lowest BCUT2D eigenvalue weighted by atomic mass is 9.91. The Kier molecular flexibility index (Phi) is 5.48. The largest absolute Gasteiger partial charge is 0.481 e. The van der Waals surface area contributed by atoms with Gasteiger partial charge in [-0.2, -0.15) is 4.20 Å². The van der Waals surface area contributed by atoms with Crippen molar-refractivity contribution < 1.29 is 22.9 Å². The van der Waals surface area contributed by atoms with Crippen molar-refractivity contribution in [2.45, 2.75) is 33.8 Å².